The molecule has 0 aliphatic carbocycles. The van der Waals surface area contributed by atoms with Crippen molar-refractivity contribution in [2.24, 2.45) is 0 Å². The Kier molecular flexibility index (Phi) is 18.9. The van der Waals surface area contributed by atoms with Crippen LogP contribution in [-0.4, -0.2) is 77.5 Å². The summed E-state index contributed by atoms with van der Waals surface area (Å²) >= 11 is -1.42. The van der Waals surface area contributed by atoms with Gasteiger partial charge in [0.2, 0.25) is 0 Å². The van der Waals surface area contributed by atoms with Crippen molar-refractivity contribution < 1.29 is 32.2 Å². The monoisotopic (exact) mass is 336 g/mol. The molecule has 11 heteroatoms. The highest BCUT2D eigenvalue weighted by Crippen LogP contribution is 2.26. The fourth-order valence-electron chi connectivity index (χ4n) is 1.03. The summed E-state index contributed by atoms with van der Waals surface area (Å²) in [5.41, 5.74) is 0. The summed E-state index contributed by atoms with van der Waals surface area (Å²) in [5.74, 6) is 0. The van der Waals surface area contributed by atoms with Gasteiger partial charge in [0.15, 0.2) is 0 Å². The van der Waals surface area contributed by atoms with Crippen LogP contribution < -0.4 is 10.6 Å². The molecule has 2 saturated heterocycles. The summed E-state index contributed by atoms with van der Waals surface area (Å²) in [7, 11) is -3.64. The standard InChI is InChI=1S/2C4H9NO.CH5O3P.H2O2S/c2*1-3-6-4-2-5-1;1-5(2,3)4;1-3-2/h2*5H,1-4H2;1H3,(H2,2,3,4);3H2. The van der Waals surface area contributed by atoms with Crippen LogP contribution in [0.4, 0.5) is 0 Å². The second-order valence-corrected chi connectivity index (χ2v) is 5.48. The molecule has 0 spiro atoms. The smallest absolute Gasteiger partial charge is 0.322 e. The normalized spacial score (nSPS) is 18.1. The van der Waals surface area contributed by atoms with Crippen molar-refractivity contribution in [3.8, 4) is 0 Å². The molecule has 2 fully saturated rings. The number of hydrogen-bond donors (Lipinski definition) is 4. The summed E-state index contributed by atoms with van der Waals surface area (Å²) in [4.78, 5) is 15.3. The molecule has 20 heavy (non-hydrogen) atoms. The van der Waals surface area contributed by atoms with E-state index in [0.29, 0.717) is 0 Å². The van der Waals surface area contributed by atoms with Gasteiger partial charge >= 0.3 is 7.60 Å². The van der Waals surface area contributed by atoms with Crippen molar-refractivity contribution in [2.45, 2.75) is 0 Å². The van der Waals surface area contributed by atoms with Crippen LogP contribution in [0.3, 0.4) is 0 Å². The molecule has 124 valence electrons. The van der Waals surface area contributed by atoms with Crippen LogP contribution >= 0.6 is 7.60 Å². The van der Waals surface area contributed by atoms with E-state index >= 15 is 0 Å². The Morgan fingerprint density at radius 1 is 0.900 bits per heavy atom. The first-order valence-electron chi connectivity index (χ1n) is 6.01. The van der Waals surface area contributed by atoms with E-state index in [1.807, 2.05) is 0 Å². The van der Waals surface area contributed by atoms with E-state index < -0.39 is 19.2 Å². The Balaban J connectivity index is 0. The molecule has 0 amide bonds. The van der Waals surface area contributed by atoms with Gasteiger partial charge in [-0.05, 0) is 0 Å². The lowest BCUT2D eigenvalue weighted by Crippen LogP contribution is -2.30. The van der Waals surface area contributed by atoms with Crippen LogP contribution in [0.25, 0.3) is 0 Å². The van der Waals surface area contributed by atoms with Crippen molar-refractivity contribution in [2.75, 3.05) is 59.3 Å². The van der Waals surface area contributed by atoms with Crippen LogP contribution in [0.2, 0.25) is 0 Å². The van der Waals surface area contributed by atoms with E-state index in [4.69, 9.17) is 27.7 Å². The van der Waals surface area contributed by atoms with Crippen LogP contribution in [0, 0.1) is 0 Å². The molecule has 4 N–H and O–H groups in total. The summed E-state index contributed by atoms with van der Waals surface area (Å²) in [6, 6.07) is 0. The first-order chi connectivity index (χ1) is 9.41. The van der Waals surface area contributed by atoms with Crippen molar-refractivity contribution in [3.63, 3.8) is 0 Å². The SMILES string of the molecule is C1COCCN1.C1COCCN1.CP(=O)(O)O.O=[SH2]=O. The van der Waals surface area contributed by atoms with E-state index in [1.165, 1.54) is 0 Å². The zero-order valence-corrected chi connectivity index (χ0v) is 13.4. The van der Waals surface area contributed by atoms with Crippen molar-refractivity contribution in [3.05, 3.63) is 0 Å². The van der Waals surface area contributed by atoms with E-state index in [2.05, 4.69) is 10.6 Å². The maximum atomic E-state index is 9.33. The third kappa shape index (κ3) is 36.1. The second kappa shape index (κ2) is 17.0. The molecule has 0 unspecified atom stereocenters. The van der Waals surface area contributed by atoms with Gasteiger partial charge in [-0.25, -0.2) is 8.42 Å². The second-order valence-electron chi connectivity index (χ2n) is 3.64. The van der Waals surface area contributed by atoms with Gasteiger partial charge in [-0.3, -0.25) is 4.57 Å². The van der Waals surface area contributed by atoms with Gasteiger partial charge in [-0.1, -0.05) is 0 Å². The molecule has 0 saturated carbocycles. The van der Waals surface area contributed by atoms with Gasteiger partial charge in [0, 0.05) is 32.8 Å². The van der Waals surface area contributed by atoms with Crippen LogP contribution in [0.15, 0.2) is 0 Å². The average Bonchev–Trinajstić information content (AvgIpc) is 2.42. The minimum absolute atomic E-state index is 0.854. The zero-order chi connectivity index (χ0) is 15.7. The van der Waals surface area contributed by atoms with Crippen molar-refractivity contribution >= 4 is 19.2 Å². The molecule has 2 aliphatic heterocycles. The highest BCUT2D eigenvalue weighted by Gasteiger charge is 1.95. The molecule has 2 rings (SSSR count). The predicted octanol–water partition coefficient (Wildman–Crippen LogP) is -2.20. The topological polar surface area (TPSA) is 134 Å². The zero-order valence-electron chi connectivity index (χ0n) is 11.5. The highest BCUT2D eigenvalue weighted by atomic mass is 32.1. The third-order valence-corrected chi connectivity index (χ3v) is 1.69. The highest BCUT2D eigenvalue weighted by molar-refractivity contribution is 7.51. The maximum absolute atomic E-state index is 9.33. The number of nitrogens with one attached hydrogen (secondary N) is 2. The number of rotatable bonds is 0. The summed E-state index contributed by atoms with van der Waals surface area (Å²) < 4.78 is 36.1. The molecule has 2 aliphatic rings. The molecule has 0 aromatic carbocycles. The number of hydrogen-bond acceptors (Lipinski definition) is 7. The lowest BCUT2D eigenvalue weighted by molar-refractivity contribution is 0.109. The quantitative estimate of drug-likeness (QED) is 0.364. The van der Waals surface area contributed by atoms with Crippen molar-refractivity contribution in [1.82, 2.24) is 10.6 Å². The predicted molar refractivity (Wildman–Crippen MR) is 77.1 cm³/mol. The molecule has 0 bridgehead atoms. The Hall–Kier alpha value is -0.0600. The number of morpholine rings is 2. The van der Waals surface area contributed by atoms with Gasteiger partial charge in [0.05, 0.1) is 26.4 Å². The van der Waals surface area contributed by atoms with Gasteiger partial charge in [0.1, 0.15) is 11.6 Å². The molecular weight excluding hydrogens is 311 g/mol. The van der Waals surface area contributed by atoms with E-state index in [1.54, 1.807) is 0 Å². The van der Waals surface area contributed by atoms with Crippen LogP contribution in [0.1, 0.15) is 0 Å². The van der Waals surface area contributed by atoms with E-state index in [-0.39, 0.29) is 0 Å². The Morgan fingerprint density at radius 2 is 1.10 bits per heavy atom. The van der Waals surface area contributed by atoms with Gasteiger partial charge in [-0.2, -0.15) is 0 Å². The molecule has 0 radical (unpaired) electrons. The lowest BCUT2D eigenvalue weighted by atomic mass is 10.5. The molecule has 0 aromatic heterocycles. The first-order valence-corrected chi connectivity index (χ1v) is 8.88. The minimum atomic E-state index is -3.64. The summed E-state index contributed by atoms with van der Waals surface area (Å²) in [6.07, 6.45) is 0. The van der Waals surface area contributed by atoms with Crippen molar-refractivity contribution in [1.29, 1.82) is 0 Å². The van der Waals surface area contributed by atoms with Gasteiger partial charge in [-0.15, -0.1) is 0 Å². The Labute approximate surface area is 122 Å². The Bertz CT molecular complexity index is 232. The van der Waals surface area contributed by atoms with Crippen LogP contribution in [0.5, 0.6) is 0 Å². The lowest BCUT2D eigenvalue weighted by Gasteiger charge is -2.10. The largest absolute Gasteiger partial charge is 0.379 e. The Morgan fingerprint density at radius 3 is 1.15 bits per heavy atom. The minimum Gasteiger partial charge on any atom is -0.379 e. The summed E-state index contributed by atoms with van der Waals surface area (Å²) in [6.45, 7) is 8.52. The first kappa shape index (κ1) is 22.2. The average molecular weight is 336 g/mol. The van der Waals surface area contributed by atoms with Crippen LogP contribution in [-0.2, 0) is 25.6 Å². The van der Waals surface area contributed by atoms with Gasteiger partial charge in [0.25, 0.3) is 0 Å². The fourth-order valence-corrected chi connectivity index (χ4v) is 1.03. The molecule has 0 aromatic rings. The van der Waals surface area contributed by atoms with Gasteiger partial charge < -0.3 is 29.9 Å². The number of ether oxygens (including phenoxy) is 2. The fraction of sp³-hybridized carbons (Fsp3) is 1.00. The molecule has 9 nitrogen and oxygen atoms in total. The molecule has 0 atom stereocenters. The molecular formula is C9H25N2O7PS. The third-order valence-electron chi connectivity index (χ3n) is 1.69. The molecule has 2 heterocycles. The van der Waals surface area contributed by atoms with E-state index in [0.717, 1.165) is 59.3 Å². The summed E-state index contributed by atoms with van der Waals surface area (Å²) in [5, 5.41) is 6.32. The van der Waals surface area contributed by atoms with E-state index in [9.17, 15) is 4.57 Å². The maximum Gasteiger partial charge on any atom is 0.322 e.